The molecule has 0 aliphatic rings. The average Bonchev–Trinajstić information content (AvgIpc) is 2.38. The van der Waals surface area contributed by atoms with E-state index in [1.165, 1.54) is 0 Å². The third-order valence-corrected chi connectivity index (χ3v) is 2.49. The Morgan fingerprint density at radius 3 is 2.74 bits per heavy atom. The first-order chi connectivity index (χ1) is 9.13. The summed E-state index contributed by atoms with van der Waals surface area (Å²) in [5, 5.41) is 6.47. The third-order valence-electron chi connectivity index (χ3n) is 2.49. The highest BCUT2D eigenvalue weighted by Crippen LogP contribution is 2.12. The standard InChI is InChI=1S/C14H26N4O/c1-5-6-16-14-17-9-12(4)13(18-14)15-7-8-19-10-11(2)3/h9,11H,5-8,10H2,1-4H3,(H2,15,16,17,18). The van der Waals surface area contributed by atoms with Gasteiger partial charge in [0, 0.05) is 31.5 Å². The number of anilines is 2. The predicted molar refractivity (Wildman–Crippen MR) is 79.7 cm³/mol. The summed E-state index contributed by atoms with van der Waals surface area (Å²) >= 11 is 0. The average molecular weight is 266 g/mol. The zero-order chi connectivity index (χ0) is 14.1. The maximum Gasteiger partial charge on any atom is 0.224 e. The molecule has 0 aliphatic heterocycles. The maximum atomic E-state index is 5.53. The van der Waals surface area contributed by atoms with Gasteiger partial charge in [-0.1, -0.05) is 20.8 Å². The van der Waals surface area contributed by atoms with Gasteiger partial charge in [-0.05, 0) is 19.3 Å². The predicted octanol–water partition coefficient (Wildman–Crippen LogP) is 2.69. The minimum Gasteiger partial charge on any atom is -0.379 e. The van der Waals surface area contributed by atoms with Crippen molar-refractivity contribution in [2.24, 2.45) is 5.92 Å². The van der Waals surface area contributed by atoms with Crippen molar-refractivity contribution in [2.75, 3.05) is 36.9 Å². The van der Waals surface area contributed by atoms with Crippen LogP contribution >= 0.6 is 0 Å². The summed E-state index contributed by atoms with van der Waals surface area (Å²) in [6.45, 7) is 11.6. The van der Waals surface area contributed by atoms with E-state index in [2.05, 4.69) is 41.4 Å². The van der Waals surface area contributed by atoms with Crippen LogP contribution in [-0.4, -0.2) is 36.3 Å². The molecule has 0 aromatic carbocycles. The Morgan fingerprint density at radius 1 is 1.26 bits per heavy atom. The van der Waals surface area contributed by atoms with Crippen molar-refractivity contribution < 1.29 is 4.74 Å². The van der Waals surface area contributed by atoms with E-state index in [1.807, 2.05) is 13.1 Å². The van der Waals surface area contributed by atoms with Crippen LogP contribution in [0.5, 0.6) is 0 Å². The minimum absolute atomic E-state index is 0.575. The van der Waals surface area contributed by atoms with Crippen molar-refractivity contribution in [3.8, 4) is 0 Å². The Kier molecular flexibility index (Phi) is 7.18. The van der Waals surface area contributed by atoms with E-state index in [4.69, 9.17) is 4.74 Å². The van der Waals surface area contributed by atoms with Gasteiger partial charge in [0.1, 0.15) is 5.82 Å². The fraction of sp³-hybridized carbons (Fsp3) is 0.714. The summed E-state index contributed by atoms with van der Waals surface area (Å²) in [4.78, 5) is 8.70. The zero-order valence-corrected chi connectivity index (χ0v) is 12.5. The Hall–Kier alpha value is -1.36. The van der Waals surface area contributed by atoms with Gasteiger partial charge in [-0.3, -0.25) is 0 Å². The molecule has 0 amide bonds. The van der Waals surface area contributed by atoms with Crippen molar-refractivity contribution >= 4 is 11.8 Å². The van der Waals surface area contributed by atoms with Crippen molar-refractivity contribution in [1.29, 1.82) is 0 Å². The van der Waals surface area contributed by atoms with Gasteiger partial charge in [0.15, 0.2) is 0 Å². The molecule has 0 radical (unpaired) electrons. The molecule has 0 unspecified atom stereocenters. The molecule has 5 heteroatoms. The van der Waals surface area contributed by atoms with Crippen LogP contribution in [0.4, 0.5) is 11.8 Å². The largest absolute Gasteiger partial charge is 0.379 e. The number of hydrogen-bond donors (Lipinski definition) is 2. The lowest BCUT2D eigenvalue weighted by atomic mass is 10.2. The first kappa shape index (κ1) is 15.7. The fourth-order valence-corrected chi connectivity index (χ4v) is 1.50. The lowest BCUT2D eigenvalue weighted by Gasteiger charge is -2.11. The van der Waals surface area contributed by atoms with E-state index >= 15 is 0 Å². The summed E-state index contributed by atoms with van der Waals surface area (Å²) < 4.78 is 5.53. The van der Waals surface area contributed by atoms with Crippen LogP contribution in [0.2, 0.25) is 0 Å². The number of aryl methyl sites for hydroxylation is 1. The summed E-state index contributed by atoms with van der Waals surface area (Å²) in [5.74, 6) is 2.13. The van der Waals surface area contributed by atoms with E-state index in [9.17, 15) is 0 Å². The molecule has 1 rings (SSSR count). The quantitative estimate of drug-likeness (QED) is 0.673. The number of ether oxygens (including phenoxy) is 1. The Balaban J connectivity index is 2.39. The van der Waals surface area contributed by atoms with Crippen LogP contribution in [0, 0.1) is 12.8 Å². The fourth-order valence-electron chi connectivity index (χ4n) is 1.50. The molecular formula is C14H26N4O. The first-order valence-corrected chi connectivity index (χ1v) is 7.02. The molecule has 0 saturated heterocycles. The highest BCUT2D eigenvalue weighted by molar-refractivity contribution is 5.46. The molecule has 0 saturated carbocycles. The Bertz CT molecular complexity index is 368. The smallest absolute Gasteiger partial charge is 0.224 e. The number of nitrogens with zero attached hydrogens (tertiary/aromatic N) is 2. The molecule has 108 valence electrons. The summed E-state index contributed by atoms with van der Waals surface area (Å²) in [5.41, 5.74) is 1.05. The minimum atomic E-state index is 0.575. The van der Waals surface area contributed by atoms with Gasteiger partial charge in [0.2, 0.25) is 5.95 Å². The van der Waals surface area contributed by atoms with E-state index in [0.717, 1.165) is 37.5 Å². The molecule has 1 aromatic rings. The molecule has 1 heterocycles. The van der Waals surface area contributed by atoms with Crippen molar-refractivity contribution in [2.45, 2.75) is 34.1 Å². The first-order valence-electron chi connectivity index (χ1n) is 7.02. The highest BCUT2D eigenvalue weighted by Gasteiger charge is 2.03. The molecule has 0 fully saturated rings. The van der Waals surface area contributed by atoms with Gasteiger partial charge in [-0.25, -0.2) is 4.98 Å². The van der Waals surface area contributed by atoms with Gasteiger partial charge < -0.3 is 15.4 Å². The number of hydrogen-bond acceptors (Lipinski definition) is 5. The Morgan fingerprint density at radius 2 is 2.05 bits per heavy atom. The van der Waals surface area contributed by atoms with Crippen molar-refractivity contribution in [3.63, 3.8) is 0 Å². The molecule has 0 aliphatic carbocycles. The van der Waals surface area contributed by atoms with Crippen LogP contribution < -0.4 is 10.6 Å². The van der Waals surface area contributed by atoms with Gasteiger partial charge in [0.25, 0.3) is 0 Å². The normalized spacial score (nSPS) is 10.8. The lowest BCUT2D eigenvalue weighted by molar-refractivity contribution is 0.118. The van der Waals surface area contributed by atoms with E-state index < -0.39 is 0 Å². The molecule has 19 heavy (non-hydrogen) atoms. The summed E-state index contributed by atoms with van der Waals surface area (Å²) in [7, 11) is 0. The summed E-state index contributed by atoms with van der Waals surface area (Å²) in [6, 6.07) is 0. The second-order valence-corrected chi connectivity index (χ2v) is 5.05. The van der Waals surface area contributed by atoms with Gasteiger partial charge >= 0.3 is 0 Å². The molecule has 0 bridgehead atoms. The zero-order valence-electron chi connectivity index (χ0n) is 12.5. The molecule has 2 N–H and O–H groups in total. The van der Waals surface area contributed by atoms with Gasteiger partial charge in [-0.2, -0.15) is 4.98 Å². The van der Waals surface area contributed by atoms with Gasteiger partial charge in [-0.15, -0.1) is 0 Å². The molecule has 1 aromatic heterocycles. The number of rotatable bonds is 9. The van der Waals surface area contributed by atoms with Gasteiger partial charge in [0.05, 0.1) is 6.61 Å². The SMILES string of the molecule is CCCNc1ncc(C)c(NCCOCC(C)C)n1. The van der Waals surface area contributed by atoms with Crippen molar-refractivity contribution in [3.05, 3.63) is 11.8 Å². The number of aromatic nitrogens is 2. The topological polar surface area (TPSA) is 59.1 Å². The lowest BCUT2D eigenvalue weighted by Crippen LogP contribution is -2.14. The monoisotopic (exact) mass is 266 g/mol. The van der Waals surface area contributed by atoms with Crippen LogP contribution in [-0.2, 0) is 4.74 Å². The van der Waals surface area contributed by atoms with Crippen LogP contribution in [0.1, 0.15) is 32.8 Å². The van der Waals surface area contributed by atoms with Crippen LogP contribution in [0.3, 0.4) is 0 Å². The molecule has 0 atom stereocenters. The molecule has 5 nitrogen and oxygen atoms in total. The summed E-state index contributed by atoms with van der Waals surface area (Å²) in [6.07, 6.45) is 2.89. The molecular weight excluding hydrogens is 240 g/mol. The number of nitrogens with one attached hydrogen (secondary N) is 2. The van der Waals surface area contributed by atoms with E-state index in [0.29, 0.717) is 18.5 Å². The Labute approximate surface area is 116 Å². The molecule has 0 spiro atoms. The van der Waals surface area contributed by atoms with E-state index in [1.54, 1.807) is 0 Å². The van der Waals surface area contributed by atoms with Crippen LogP contribution in [0.15, 0.2) is 6.20 Å². The third kappa shape index (κ3) is 6.38. The van der Waals surface area contributed by atoms with Crippen LogP contribution in [0.25, 0.3) is 0 Å². The maximum absolute atomic E-state index is 5.53. The second kappa shape index (κ2) is 8.69. The van der Waals surface area contributed by atoms with Crippen molar-refractivity contribution in [1.82, 2.24) is 9.97 Å². The highest BCUT2D eigenvalue weighted by atomic mass is 16.5. The van der Waals surface area contributed by atoms with E-state index in [-0.39, 0.29) is 0 Å². The second-order valence-electron chi connectivity index (χ2n) is 5.05.